The summed E-state index contributed by atoms with van der Waals surface area (Å²) >= 11 is 0. The van der Waals surface area contributed by atoms with Crippen LogP contribution in [0.4, 0.5) is 4.39 Å². The molecule has 7 nitrogen and oxygen atoms in total. The number of likely N-dealkylation sites (tertiary alicyclic amines) is 1. The Kier molecular flexibility index (Phi) is 8.09. The van der Waals surface area contributed by atoms with E-state index in [1.807, 2.05) is 55.5 Å². The molecule has 1 aliphatic rings. The van der Waals surface area contributed by atoms with Crippen molar-refractivity contribution in [2.45, 2.75) is 39.5 Å². The van der Waals surface area contributed by atoms with Crippen LogP contribution < -0.4 is 10.1 Å². The van der Waals surface area contributed by atoms with E-state index in [0.29, 0.717) is 31.4 Å². The van der Waals surface area contributed by atoms with Gasteiger partial charge in [-0.3, -0.25) is 9.69 Å². The smallest absolute Gasteiger partial charge is 0.241 e. The second-order valence-electron chi connectivity index (χ2n) is 9.71. The van der Waals surface area contributed by atoms with Gasteiger partial charge in [0.05, 0.1) is 6.54 Å². The summed E-state index contributed by atoms with van der Waals surface area (Å²) in [5, 5.41) is 7.18. The molecule has 0 radical (unpaired) electrons. The minimum absolute atomic E-state index is 0.00429. The maximum Gasteiger partial charge on any atom is 0.241 e. The number of ether oxygens (including phenoxy) is 1. The van der Waals surface area contributed by atoms with Gasteiger partial charge in [-0.1, -0.05) is 59.3 Å². The molecule has 1 aliphatic heterocycles. The number of carbonyl (C=O) groups is 1. The number of amides is 1. The zero-order chi connectivity index (χ0) is 26.3. The molecule has 0 spiro atoms. The average molecular weight is 515 g/mol. The largest absolute Gasteiger partial charge is 0.489 e. The van der Waals surface area contributed by atoms with Crippen molar-refractivity contribution in [3.8, 4) is 17.1 Å². The summed E-state index contributed by atoms with van der Waals surface area (Å²) in [7, 11) is 0. The monoisotopic (exact) mass is 514 g/mol. The summed E-state index contributed by atoms with van der Waals surface area (Å²) in [6.07, 6.45) is 1.59. The van der Waals surface area contributed by atoms with Gasteiger partial charge in [-0.05, 0) is 68.2 Å². The molecule has 0 unspecified atom stereocenters. The van der Waals surface area contributed by atoms with Crippen LogP contribution in [0.25, 0.3) is 11.4 Å². The molecule has 38 heavy (non-hydrogen) atoms. The van der Waals surface area contributed by atoms with Gasteiger partial charge in [0.1, 0.15) is 18.2 Å². The van der Waals surface area contributed by atoms with E-state index < -0.39 is 0 Å². The number of rotatable bonds is 9. The summed E-state index contributed by atoms with van der Waals surface area (Å²) in [4.78, 5) is 19.5. The lowest BCUT2D eigenvalue weighted by molar-refractivity contribution is -0.126. The van der Waals surface area contributed by atoms with Crippen molar-refractivity contribution in [3.05, 3.63) is 101 Å². The third-order valence-corrected chi connectivity index (χ3v) is 6.80. The summed E-state index contributed by atoms with van der Waals surface area (Å²) < 4.78 is 24.2. The highest BCUT2D eigenvalue weighted by Gasteiger charge is 2.26. The molecule has 0 saturated carbocycles. The van der Waals surface area contributed by atoms with Crippen LogP contribution in [0.1, 0.15) is 35.4 Å². The third kappa shape index (κ3) is 6.83. The van der Waals surface area contributed by atoms with Gasteiger partial charge in [0, 0.05) is 18.0 Å². The molecular formula is C30H31FN4O3. The van der Waals surface area contributed by atoms with E-state index >= 15 is 0 Å². The lowest BCUT2D eigenvalue weighted by Crippen LogP contribution is -2.40. The van der Waals surface area contributed by atoms with Crippen LogP contribution in [0, 0.1) is 18.7 Å². The van der Waals surface area contributed by atoms with E-state index in [2.05, 4.69) is 20.4 Å². The van der Waals surface area contributed by atoms with Crippen LogP contribution in [-0.2, 0) is 24.5 Å². The SMILES string of the molecule is Cc1ccc(-c2noc(CN3CCC(C(=O)NCc4ccc(OCc5ccc(F)cc5)cc4)CC3)n2)cc1. The highest BCUT2D eigenvalue weighted by molar-refractivity contribution is 5.78. The van der Waals surface area contributed by atoms with Crippen molar-refractivity contribution in [1.29, 1.82) is 0 Å². The number of hydrogen-bond acceptors (Lipinski definition) is 6. The Bertz CT molecular complexity index is 1330. The molecule has 1 amide bonds. The average Bonchev–Trinajstić information content (AvgIpc) is 3.41. The lowest BCUT2D eigenvalue weighted by Gasteiger charge is -2.30. The van der Waals surface area contributed by atoms with Crippen molar-refractivity contribution >= 4 is 5.91 Å². The van der Waals surface area contributed by atoms with E-state index in [4.69, 9.17) is 9.26 Å². The fraction of sp³-hybridized carbons (Fsp3) is 0.300. The first kappa shape index (κ1) is 25.6. The Labute approximate surface area is 221 Å². The van der Waals surface area contributed by atoms with Crippen molar-refractivity contribution in [2.24, 2.45) is 5.92 Å². The number of carbonyl (C=O) groups excluding carboxylic acids is 1. The third-order valence-electron chi connectivity index (χ3n) is 6.80. The summed E-state index contributed by atoms with van der Waals surface area (Å²) in [6.45, 7) is 5.09. The summed E-state index contributed by atoms with van der Waals surface area (Å²) in [5.74, 6) is 1.73. The van der Waals surface area contributed by atoms with Gasteiger partial charge in [-0.15, -0.1) is 0 Å². The highest BCUT2D eigenvalue weighted by atomic mass is 19.1. The Morgan fingerprint density at radius 3 is 2.39 bits per heavy atom. The van der Waals surface area contributed by atoms with Crippen molar-refractivity contribution in [3.63, 3.8) is 0 Å². The van der Waals surface area contributed by atoms with Crippen LogP contribution in [0.3, 0.4) is 0 Å². The van der Waals surface area contributed by atoms with Gasteiger partial charge < -0.3 is 14.6 Å². The normalized spacial score (nSPS) is 14.4. The van der Waals surface area contributed by atoms with E-state index in [-0.39, 0.29) is 17.6 Å². The molecule has 2 heterocycles. The van der Waals surface area contributed by atoms with Gasteiger partial charge >= 0.3 is 0 Å². The molecule has 196 valence electrons. The number of halogens is 1. The minimum atomic E-state index is -0.262. The first-order valence-corrected chi connectivity index (χ1v) is 12.9. The lowest BCUT2D eigenvalue weighted by atomic mass is 9.96. The molecule has 0 atom stereocenters. The molecule has 8 heteroatoms. The van der Waals surface area contributed by atoms with Crippen LogP contribution in [0.15, 0.2) is 77.3 Å². The van der Waals surface area contributed by atoms with Crippen LogP contribution in [0.2, 0.25) is 0 Å². The molecular weight excluding hydrogens is 483 g/mol. The number of nitrogens with one attached hydrogen (secondary N) is 1. The summed E-state index contributed by atoms with van der Waals surface area (Å²) in [6, 6.07) is 21.9. The first-order chi connectivity index (χ1) is 18.5. The molecule has 1 saturated heterocycles. The van der Waals surface area contributed by atoms with E-state index in [1.54, 1.807) is 12.1 Å². The van der Waals surface area contributed by atoms with E-state index in [1.165, 1.54) is 17.7 Å². The van der Waals surface area contributed by atoms with Gasteiger partial charge in [-0.25, -0.2) is 4.39 Å². The predicted molar refractivity (Wildman–Crippen MR) is 141 cm³/mol. The van der Waals surface area contributed by atoms with Crippen molar-refractivity contribution in [2.75, 3.05) is 13.1 Å². The maximum atomic E-state index is 13.0. The zero-order valence-corrected chi connectivity index (χ0v) is 21.4. The Balaban J connectivity index is 1.03. The quantitative estimate of drug-likeness (QED) is 0.327. The molecule has 0 aliphatic carbocycles. The Hall–Kier alpha value is -4.04. The summed E-state index contributed by atoms with van der Waals surface area (Å²) in [5.41, 5.74) is 4.03. The number of aryl methyl sites for hydroxylation is 1. The number of piperidine rings is 1. The van der Waals surface area contributed by atoms with Gasteiger partial charge in [-0.2, -0.15) is 4.98 Å². The van der Waals surface area contributed by atoms with E-state index in [0.717, 1.165) is 48.4 Å². The number of hydrogen-bond donors (Lipinski definition) is 1. The molecule has 4 aromatic rings. The van der Waals surface area contributed by atoms with Gasteiger partial charge in [0.25, 0.3) is 0 Å². The zero-order valence-electron chi connectivity index (χ0n) is 21.4. The van der Waals surface area contributed by atoms with Crippen LogP contribution in [-0.4, -0.2) is 34.0 Å². The fourth-order valence-electron chi connectivity index (χ4n) is 4.47. The fourth-order valence-corrected chi connectivity index (χ4v) is 4.47. The molecule has 0 bridgehead atoms. The second-order valence-corrected chi connectivity index (χ2v) is 9.71. The minimum Gasteiger partial charge on any atom is -0.489 e. The van der Waals surface area contributed by atoms with Crippen LogP contribution in [0.5, 0.6) is 5.75 Å². The number of aromatic nitrogens is 2. The first-order valence-electron chi connectivity index (χ1n) is 12.9. The maximum absolute atomic E-state index is 13.0. The van der Waals surface area contributed by atoms with Gasteiger partial charge in [0.15, 0.2) is 0 Å². The topological polar surface area (TPSA) is 80.5 Å². The van der Waals surface area contributed by atoms with Crippen molar-refractivity contribution in [1.82, 2.24) is 20.4 Å². The molecule has 3 aromatic carbocycles. The van der Waals surface area contributed by atoms with E-state index in [9.17, 15) is 9.18 Å². The Morgan fingerprint density at radius 1 is 1.00 bits per heavy atom. The Morgan fingerprint density at radius 2 is 1.68 bits per heavy atom. The molecule has 5 rings (SSSR count). The number of nitrogens with zero attached hydrogens (tertiary/aromatic N) is 3. The molecule has 1 N–H and O–H groups in total. The number of benzene rings is 3. The standard InChI is InChI=1S/C30H31FN4O3/c1-21-2-8-24(9-3-21)29-33-28(38-34-29)19-35-16-14-25(15-17-35)30(36)32-18-22-6-12-27(13-7-22)37-20-23-4-10-26(31)11-5-23/h2-13,25H,14-20H2,1H3,(H,32,36). The predicted octanol–water partition coefficient (Wildman–Crippen LogP) is 5.29. The van der Waals surface area contributed by atoms with Crippen molar-refractivity contribution < 1.29 is 18.4 Å². The molecule has 1 aromatic heterocycles. The molecule has 1 fully saturated rings. The second kappa shape index (κ2) is 12.0. The highest BCUT2D eigenvalue weighted by Crippen LogP contribution is 2.21. The van der Waals surface area contributed by atoms with Crippen LogP contribution >= 0.6 is 0 Å². The van der Waals surface area contributed by atoms with Gasteiger partial charge in [0.2, 0.25) is 17.6 Å².